The standard InChI is InChI=1S/C19H26FN3O3/c20-15-3-5-16(6-4-15)26-17-7-10-23(12-14(17)11-18(21)24)19(25)13-22-8-1-2-9-22/h3-6,14,17H,1-2,7-13H2,(H2,21,24)/t14-,17-/m0/s1. The predicted octanol–water partition coefficient (Wildman–Crippen LogP) is 1.39. The van der Waals surface area contributed by atoms with Gasteiger partial charge in [0, 0.05) is 31.8 Å². The quantitative estimate of drug-likeness (QED) is 0.829. The van der Waals surface area contributed by atoms with Gasteiger partial charge in [-0.25, -0.2) is 4.39 Å². The highest BCUT2D eigenvalue weighted by Gasteiger charge is 2.34. The summed E-state index contributed by atoms with van der Waals surface area (Å²) in [6.07, 6.45) is 2.86. The Hall–Kier alpha value is -2.15. The van der Waals surface area contributed by atoms with Gasteiger partial charge in [0.25, 0.3) is 0 Å². The first-order chi connectivity index (χ1) is 12.5. The number of benzene rings is 1. The lowest BCUT2D eigenvalue weighted by Gasteiger charge is -2.38. The average Bonchev–Trinajstić information content (AvgIpc) is 3.11. The van der Waals surface area contributed by atoms with Crippen molar-refractivity contribution < 1.29 is 18.7 Å². The van der Waals surface area contributed by atoms with Gasteiger partial charge in [-0.2, -0.15) is 0 Å². The highest BCUT2D eigenvalue weighted by atomic mass is 19.1. The predicted molar refractivity (Wildman–Crippen MR) is 95.0 cm³/mol. The number of nitrogens with two attached hydrogens (primary N) is 1. The Morgan fingerprint density at radius 2 is 1.85 bits per heavy atom. The van der Waals surface area contributed by atoms with Crippen LogP contribution in [0.2, 0.25) is 0 Å². The second kappa shape index (κ2) is 8.49. The van der Waals surface area contributed by atoms with E-state index in [1.807, 2.05) is 4.90 Å². The van der Waals surface area contributed by atoms with Gasteiger partial charge in [0.2, 0.25) is 11.8 Å². The van der Waals surface area contributed by atoms with Crippen molar-refractivity contribution in [1.82, 2.24) is 9.80 Å². The van der Waals surface area contributed by atoms with Gasteiger partial charge in [-0.3, -0.25) is 14.5 Å². The van der Waals surface area contributed by atoms with E-state index in [1.54, 1.807) is 12.1 Å². The van der Waals surface area contributed by atoms with E-state index in [1.165, 1.54) is 12.1 Å². The summed E-state index contributed by atoms with van der Waals surface area (Å²) in [6, 6.07) is 5.82. The summed E-state index contributed by atoms with van der Waals surface area (Å²) in [6.45, 7) is 3.43. The maximum absolute atomic E-state index is 13.1. The van der Waals surface area contributed by atoms with Crippen LogP contribution in [0, 0.1) is 11.7 Å². The third-order valence-electron chi connectivity index (χ3n) is 5.14. The van der Waals surface area contributed by atoms with Crippen molar-refractivity contribution >= 4 is 11.8 Å². The topological polar surface area (TPSA) is 75.9 Å². The van der Waals surface area contributed by atoms with Gasteiger partial charge in [0.15, 0.2) is 0 Å². The van der Waals surface area contributed by atoms with Crippen LogP contribution in [-0.2, 0) is 9.59 Å². The van der Waals surface area contributed by atoms with Gasteiger partial charge in [0.05, 0.1) is 6.54 Å². The van der Waals surface area contributed by atoms with Gasteiger partial charge in [-0.1, -0.05) is 0 Å². The zero-order chi connectivity index (χ0) is 18.5. The number of amides is 2. The number of carbonyl (C=O) groups is 2. The monoisotopic (exact) mass is 363 g/mol. The molecular weight excluding hydrogens is 337 g/mol. The van der Waals surface area contributed by atoms with Crippen LogP contribution in [0.4, 0.5) is 4.39 Å². The molecule has 0 unspecified atom stereocenters. The largest absolute Gasteiger partial charge is 0.490 e. The fraction of sp³-hybridized carbons (Fsp3) is 0.579. The lowest BCUT2D eigenvalue weighted by molar-refractivity contribution is -0.136. The molecule has 1 aromatic rings. The summed E-state index contributed by atoms with van der Waals surface area (Å²) in [5.74, 6) is -0.233. The normalized spacial score (nSPS) is 23.8. The number of primary amides is 1. The smallest absolute Gasteiger partial charge is 0.236 e. The number of piperidine rings is 1. The fourth-order valence-electron chi connectivity index (χ4n) is 3.77. The van der Waals surface area contributed by atoms with E-state index in [2.05, 4.69) is 4.90 Å². The first-order valence-corrected chi connectivity index (χ1v) is 9.22. The van der Waals surface area contributed by atoms with Crippen LogP contribution in [0.25, 0.3) is 0 Å². The first kappa shape index (κ1) is 18.6. The summed E-state index contributed by atoms with van der Waals surface area (Å²) in [5.41, 5.74) is 5.40. The van der Waals surface area contributed by atoms with Crippen LogP contribution in [0.15, 0.2) is 24.3 Å². The highest BCUT2D eigenvalue weighted by Crippen LogP contribution is 2.26. The van der Waals surface area contributed by atoms with Crippen molar-refractivity contribution in [3.05, 3.63) is 30.1 Å². The zero-order valence-electron chi connectivity index (χ0n) is 14.9. The van der Waals surface area contributed by atoms with Gasteiger partial charge >= 0.3 is 0 Å². The Kier molecular flexibility index (Phi) is 6.08. The number of halogens is 1. The SMILES string of the molecule is NC(=O)C[C@H]1CN(C(=O)CN2CCCC2)CC[C@@H]1Oc1ccc(F)cc1. The number of nitrogens with zero attached hydrogens (tertiary/aromatic N) is 2. The number of likely N-dealkylation sites (tertiary alicyclic amines) is 2. The van der Waals surface area contributed by atoms with E-state index in [4.69, 9.17) is 10.5 Å². The second-order valence-corrected chi connectivity index (χ2v) is 7.15. The van der Waals surface area contributed by atoms with Gasteiger partial charge in [-0.05, 0) is 50.2 Å². The molecule has 142 valence electrons. The fourth-order valence-corrected chi connectivity index (χ4v) is 3.77. The van der Waals surface area contributed by atoms with Crippen molar-refractivity contribution in [3.63, 3.8) is 0 Å². The minimum Gasteiger partial charge on any atom is -0.490 e. The van der Waals surface area contributed by atoms with Crippen molar-refractivity contribution in [2.45, 2.75) is 31.8 Å². The molecule has 2 aliphatic rings. The van der Waals surface area contributed by atoms with Gasteiger partial charge in [-0.15, -0.1) is 0 Å². The molecule has 0 bridgehead atoms. The maximum atomic E-state index is 13.1. The molecule has 7 heteroatoms. The van der Waals surface area contributed by atoms with Crippen LogP contribution in [0.1, 0.15) is 25.7 Å². The van der Waals surface area contributed by atoms with E-state index in [-0.39, 0.29) is 30.2 Å². The number of ether oxygens (including phenoxy) is 1. The minimum absolute atomic E-state index is 0.0987. The van der Waals surface area contributed by atoms with E-state index >= 15 is 0 Å². The summed E-state index contributed by atoms with van der Waals surface area (Å²) < 4.78 is 19.0. The average molecular weight is 363 g/mol. The number of hydrogen-bond donors (Lipinski definition) is 1. The second-order valence-electron chi connectivity index (χ2n) is 7.15. The third kappa shape index (κ3) is 4.94. The van der Waals surface area contributed by atoms with Crippen molar-refractivity contribution in [2.75, 3.05) is 32.7 Å². The molecule has 6 nitrogen and oxygen atoms in total. The Balaban J connectivity index is 1.61. The molecule has 0 spiro atoms. The van der Waals surface area contributed by atoms with Crippen molar-refractivity contribution in [3.8, 4) is 5.75 Å². The van der Waals surface area contributed by atoms with Gasteiger partial charge in [0.1, 0.15) is 17.7 Å². The summed E-state index contributed by atoms with van der Waals surface area (Å²) in [7, 11) is 0. The Morgan fingerprint density at radius 1 is 1.15 bits per heavy atom. The molecule has 26 heavy (non-hydrogen) atoms. The number of carbonyl (C=O) groups excluding carboxylic acids is 2. The lowest BCUT2D eigenvalue weighted by Crippen LogP contribution is -2.51. The molecule has 0 aromatic heterocycles. The molecule has 2 heterocycles. The molecule has 3 rings (SSSR count). The van der Waals surface area contributed by atoms with Crippen LogP contribution in [-0.4, -0.2) is 60.4 Å². The van der Waals surface area contributed by atoms with E-state index in [0.29, 0.717) is 31.8 Å². The van der Waals surface area contributed by atoms with E-state index < -0.39 is 5.91 Å². The minimum atomic E-state index is -0.406. The molecule has 2 atom stereocenters. The number of hydrogen-bond acceptors (Lipinski definition) is 4. The van der Waals surface area contributed by atoms with Crippen molar-refractivity contribution in [2.24, 2.45) is 11.7 Å². The Morgan fingerprint density at radius 3 is 2.50 bits per heavy atom. The van der Waals surface area contributed by atoms with Crippen LogP contribution in [0.3, 0.4) is 0 Å². The van der Waals surface area contributed by atoms with Crippen LogP contribution in [0.5, 0.6) is 5.75 Å². The highest BCUT2D eigenvalue weighted by molar-refractivity contribution is 5.79. The number of rotatable bonds is 6. The summed E-state index contributed by atoms with van der Waals surface area (Å²) >= 11 is 0. The van der Waals surface area contributed by atoms with E-state index in [0.717, 1.165) is 25.9 Å². The van der Waals surface area contributed by atoms with E-state index in [9.17, 15) is 14.0 Å². The summed E-state index contributed by atoms with van der Waals surface area (Å²) in [4.78, 5) is 28.0. The van der Waals surface area contributed by atoms with Crippen LogP contribution < -0.4 is 10.5 Å². The van der Waals surface area contributed by atoms with Gasteiger partial charge < -0.3 is 15.4 Å². The molecule has 0 radical (unpaired) electrons. The maximum Gasteiger partial charge on any atom is 0.236 e. The third-order valence-corrected chi connectivity index (χ3v) is 5.14. The molecule has 1 aromatic carbocycles. The first-order valence-electron chi connectivity index (χ1n) is 9.22. The Bertz CT molecular complexity index is 631. The van der Waals surface area contributed by atoms with Crippen LogP contribution >= 0.6 is 0 Å². The molecule has 0 saturated carbocycles. The molecule has 2 saturated heterocycles. The zero-order valence-corrected chi connectivity index (χ0v) is 14.9. The Labute approximate surface area is 153 Å². The molecule has 2 aliphatic heterocycles. The molecule has 2 amide bonds. The molecular formula is C19H26FN3O3. The molecule has 0 aliphatic carbocycles. The van der Waals surface area contributed by atoms with Crippen molar-refractivity contribution in [1.29, 1.82) is 0 Å². The summed E-state index contributed by atoms with van der Waals surface area (Å²) in [5, 5.41) is 0. The molecule has 2 fully saturated rings. The molecule has 2 N–H and O–H groups in total. The lowest BCUT2D eigenvalue weighted by atomic mass is 9.91.